The number of carbonyl (C=O) groups excluding carboxylic acids is 3. The first-order chi connectivity index (χ1) is 13.0. The molecule has 0 bridgehead atoms. The first-order valence-corrected chi connectivity index (χ1v) is 8.86. The third kappa shape index (κ3) is 2.84. The Morgan fingerprint density at radius 1 is 1.30 bits per heavy atom. The molecule has 1 atom stereocenters. The second kappa shape index (κ2) is 6.49. The van der Waals surface area contributed by atoms with Crippen molar-refractivity contribution in [3.63, 3.8) is 0 Å². The molecule has 2 aromatic heterocycles. The molecule has 2 aromatic rings. The van der Waals surface area contributed by atoms with Gasteiger partial charge in [0.2, 0.25) is 0 Å². The normalized spacial score (nSPS) is 23.2. The number of imide groups is 1. The van der Waals surface area contributed by atoms with E-state index >= 15 is 0 Å². The zero-order valence-corrected chi connectivity index (χ0v) is 14.9. The second-order valence-corrected chi connectivity index (χ2v) is 6.96. The standard InChI is InChI=1S/C18H20N6O3/c1-11-9-14(23-22-11)15(25)24-7-4-12(5-8-24)18(13-3-2-6-19-10-13)16(26)20-17(27)21-18/h2-3,6,9-10,12H,4-5,7-8H2,1H3,(H,22,23)(H2,20,21,26,27). The quantitative estimate of drug-likeness (QED) is 0.689. The highest BCUT2D eigenvalue weighted by Crippen LogP contribution is 2.38. The summed E-state index contributed by atoms with van der Waals surface area (Å²) in [7, 11) is 0. The summed E-state index contributed by atoms with van der Waals surface area (Å²) in [6, 6.07) is 4.75. The molecule has 0 saturated carbocycles. The largest absolute Gasteiger partial charge is 0.337 e. The van der Waals surface area contributed by atoms with Crippen LogP contribution in [0.1, 0.15) is 34.6 Å². The highest BCUT2D eigenvalue weighted by molar-refractivity contribution is 6.07. The molecule has 4 rings (SSSR count). The van der Waals surface area contributed by atoms with Crippen molar-refractivity contribution in [2.45, 2.75) is 25.3 Å². The molecule has 2 aliphatic heterocycles. The number of nitrogens with zero attached hydrogens (tertiary/aromatic N) is 3. The number of aromatic amines is 1. The number of amides is 4. The summed E-state index contributed by atoms with van der Waals surface area (Å²) in [6.07, 6.45) is 4.39. The van der Waals surface area contributed by atoms with Crippen LogP contribution in [0.4, 0.5) is 4.79 Å². The van der Waals surface area contributed by atoms with E-state index in [2.05, 4.69) is 25.8 Å². The predicted octanol–water partition coefficient (Wildman–Crippen LogP) is 0.700. The fraction of sp³-hybridized carbons (Fsp3) is 0.389. The van der Waals surface area contributed by atoms with Gasteiger partial charge in [-0.1, -0.05) is 6.07 Å². The van der Waals surface area contributed by atoms with Crippen LogP contribution < -0.4 is 10.6 Å². The molecule has 0 spiro atoms. The van der Waals surface area contributed by atoms with Gasteiger partial charge in [-0.05, 0) is 37.8 Å². The molecule has 0 aromatic carbocycles. The van der Waals surface area contributed by atoms with Gasteiger partial charge in [0.25, 0.3) is 11.8 Å². The molecule has 27 heavy (non-hydrogen) atoms. The molecule has 4 amide bonds. The van der Waals surface area contributed by atoms with E-state index in [-0.39, 0.29) is 17.7 Å². The van der Waals surface area contributed by atoms with Gasteiger partial charge in [-0.3, -0.25) is 25.0 Å². The Bertz CT molecular complexity index is 888. The summed E-state index contributed by atoms with van der Waals surface area (Å²) in [5.74, 6) is -0.639. The van der Waals surface area contributed by atoms with Gasteiger partial charge >= 0.3 is 6.03 Å². The number of aromatic nitrogens is 3. The van der Waals surface area contributed by atoms with Crippen LogP contribution in [-0.4, -0.2) is 51.0 Å². The Morgan fingerprint density at radius 2 is 2.07 bits per heavy atom. The summed E-state index contributed by atoms with van der Waals surface area (Å²) in [6.45, 7) is 2.82. The SMILES string of the molecule is Cc1cc(C(=O)N2CCC(C3(c4cccnc4)NC(=O)NC3=O)CC2)n[nH]1. The molecule has 4 heterocycles. The summed E-state index contributed by atoms with van der Waals surface area (Å²) in [5, 5.41) is 12.0. The van der Waals surface area contributed by atoms with Crippen LogP contribution in [0.15, 0.2) is 30.6 Å². The lowest BCUT2D eigenvalue weighted by Crippen LogP contribution is -2.54. The lowest BCUT2D eigenvalue weighted by Gasteiger charge is -2.40. The monoisotopic (exact) mass is 368 g/mol. The molecular weight excluding hydrogens is 348 g/mol. The molecule has 140 valence electrons. The molecule has 2 saturated heterocycles. The Kier molecular flexibility index (Phi) is 4.14. The van der Waals surface area contributed by atoms with Crippen molar-refractivity contribution in [1.82, 2.24) is 30.7 Å². The number of urea groups is 1. The van der Waals surface area contributed by atoms with Crippen molar-refractivity contribution in [2.24, 2.45) is 5.92 Å². The number of rotatable bonds is 3. The Morgan fingerprint density at radius 3 is 2.63 bits per heavy atom. The molecule has 1 unspecified atom stereocenters. The van der Waals surface area contributed by atoms with Crippen LogP contribution in [0.5, 0.6) is 0 Å². The molecule has 2 aliphatic rings. The minimum Gasteiger partial charge on any atom is -0.337 e. The van der Waals surface area contributed by atoms with Gasteiger partial charge in [0, 0.05) is 36.7 Å². The van der Waals surface area contributed by atoms with Crippen LogP contribution >= 0.6 is 0 Å². The Labute approximate surface area is 155 Å². The Balaban J connectivity index is 1.55. The van der Waals surface area contributed by atoms with Gasteiger partial charge in [-0.25, -0.2) is 4.79 Å². The molecule has 9 heteroatoms. The molecule has 2 fully saturated rings. The maximum atomic E-state index is 12.7. The zero-order valence-electron chi connectivity index (χ0n) is 14.9. The predicted molar refractivity (Wildman–Crippen MR) is 94.5 cm³/mol. The van der Waals surface area contributed by atoms with Gasteiger partial charge in [0.1, 0.15) is 5.69 Å². The molecule has 3 N–H and O–H groups in total. The average molecular weight is 368 g/mol. The van der Waals surface area contributed by atoms with E-state index in [0.29, 0.717) is 37.2 Å². The number of hydrogen-bond donors (Lipinski definition) is 3. The first kappa shape index (κ1) is 17.2. The van der Waals surface area contributed by atoms with Crippen LogP contribution in [0.2, 0.25) is 0 Å². The third-order valence-electron chi connectivity index (χ3n) is 5.33. The lowest BCUT2D eigenvalue weighted by molar-refractivity contribution is -0.127. The van der Waals surface area contributed by atoms with Gasteiger partial charge in [-0.15, -0.1) is 0 Å². The fourth-order valence-corrected chi connectivity index (χ4v) is 4.00. The second-order valence-electron chi connectivity index (χ2n) is 6.96. The molecular formula is C18H20N6O3. The first-order valence-electron chi connectivity index (χ1n) is 8.86. The van der Waals surface area contributed by atoms with Gasteiger partial charge in [-0.2, -0.15) is 5.10 Å². The maximum Gasteiger partial charge on any atom is 0.322 e. The number of piperidine rings is 1. The average Bonchev–Trinajstić information content (AvgIpc) is 3.25. The summed E-state index contributed by atoms with van der Waals surface area (Å²) >= 11 is 0. The number of likely N-dealkylation sites (tertiary alicyclic amines) is 1. The Hall–Kier alpha value is -3.23. The lowest BCUT2D eigenvalue weighted by atomic mass is 9.73. The highest BCUT2D eigenvalue weighted by atomic mass is 16.2. The van der Waals surface area contributed by atoms with E-state index in [1.807, 2.05) is 6.92 Å². The molecule has 0 aliphatic carbocycles. The van der Waals surface area contributed by atoms with Gasteiger partial charge in [0.15, 0.2) is 5.54 Å². The zero-order chi connectivity index (χ0) is 19.0. The number of nitrogens with one attached hydrogen (secondary N) is 3. The van der Waals surface area contributed by atoms with Crippen LogP contribution in [0, 0.1) is 12.8 Å². The van der Waals surface area contributed by atoms with Crippen molar-refractivity contribution >= 4 is 17.8 Å². The van der Waals surface area contributed by atoms with E-state index in [4.69, 9.17) is 0 Å². The summed E-state index contributed by atoms with van der Waals surface area (Å²) in [4.78, 5) is 43.1. The summed E-state index contributed by atoms with van der Waals surface area (Å²) < 4.78 is 0. The number of hydrogen-bond acceptors (Lipinski definition) is 5. The highest BCUT2D eigenvalue weighted by Gasteiger charge is 2.54. The number of H-pyrrole nitrogens is 1. The van der Waals surface area contributed by atoms with Crippen molar-refractivity contribution in [3.05, 3.63) is 47.5 Å². The minimum atomic E-state index is -1.15. The minimum absolute atomic E-state index is 0.131. The van der Waals surface area contributed by atoms with Crippen molar-refractivity contribution in [1.29, 1.82) is 0 Å². The smallest absolute Gasteiger partial charge is 0.322 e. The number of aryl methyl sites for hydroxylation is 1. The van der Waals surface area contributed by atoms with Crippen molar-refractivity contribution < 1.29 is 14.4 Å². The van der Waals surface area contributed by atoms with E-state index in [9.17, 15) is 14.4 Å². The van der Waals surface area contributed by atoms with E-state index < -0.39 is 11.6 Å². The topological polar surface area (TPSA) is 120 Å². The number of carbonyl (C=O) groups is 3. The molecule has 0 radical (unpaired) electrons. The summed E-state index contributed by atoms with van der Waals surface area (Å²) in [5.41, 5.74) is 0.721. The number of pyridine rings is 1. The van der Waals surface area contributed by atoms with Crippen LogP contribution in [0.3, 0.4) is 0 Å². The maximum absolute atomic E-state index is 12.7. The van der Waals surface area contributed by atoms with Crippen LogP contribution in [0.25, 0.3) is 0 Å². The van der Waals surface area contributed by atoms with Crippen molar-refractivity contribution in [3.8, 4) is 0 Å². The van der Waals surface area contributed by atoms with Crippen LogP contribution in [-0.2, 0) is 10.3 Å². The fourth-order valence-electron chi connectivity index (χ4n) is 4.00. The van der Waals surface area contributed by atoms with E-state index in [1.54, 1.807) is 35.5 Å². The van der Waals surface area contributed by atoms with E-state index in [1.165, 1.54) is 0 Å². The van der Waals surface area contributed by atoms with Crippen molar-refractivity contribution in [2.75, 3.05) is 13.1 Å². The van der Waals surface area contributed by atoms with E-state index in [0.717, 1.165) is 5.69 Å². The third-order valence-corrected chi connectivity index (χ3v) is 5.33. The van der Waals surface area contributed by atoms with Gasteiger partial charge in [0.05, 0.1) is 0 Å². The molecule has 9 nitrogen and oxygen atoms in total. The van der Waals surface area contributed by atoms with Gasteiger partial charge < -0.3 is 10.2 Å².